The number of carboxylic acids is 2. The highest BCUT2D eigenvalue weighted by molar-refractivity contribution is 5.93. The van der Waals surface area contributed by atoms with Crippen molar-refractivity contribution in [2.45, 2.75) is 32.6 Å². The second-order valence-corrected chi connectivity index (χ2v) is 4.64. The standard InChI is InChI=1S/C16H20O5/c1-2-3-4-9-21-10-5-6-12-11-13(15(17)18)7-8-14(12)16(19)20/h5,7-8,10-11H,2-4,6,9H2,1H3,(H,17,18)(H,19,20). The van der Waals surface area contributed by atoms with Crippen LogP contribution in [0.4, 0.5) is 0 Å². The van der Waals surface area contributed by atoms with Gasteiger partial charge in [-0.05, 0) is 42.7 Å². The number of ether oxygens (including phenoxy) is 1. The van der Waals surface area contributed by atoms with E-state index < -0.39 is 11.9 Å². The van der Waals surface area contributed by atoms with Crippen molar-refractivity contribution in [3.63, 3.8) is 0 Å². The lowest BCUT2D eigenvalue weighted by Crippen LogP contribution is -2.05. The molecule has 5 heteroatoms. The molecule has 21 heavy (non-hydrogen) atoms. The molecule has 0 aromatic heterocycles. The number of hydrogen-bond acceptors (Lipinski definition) is 3. The van der Waals surface area contributed by atoms with Gasteiger partial charge in [-0.2, -0.15) is 0 Å². The topological polar surface area (TPSA) is 83.8 Å². The molecule has 0 fully saturated rings. The maximum absolute atomic E-state index is 11.1. The summed E-state index contributed by atoms with van der Waals surface area (Å²) < 4.78 is 5.29. The van der Waals surface area contributed by atoms with Gasteiger partial charge in [0.1, 0.15) is 0 Å². The van der Waals surface area contributed by atoms with Crippen molar-refractivity contribution in [1.29, 1.82) is 0 Å². The molecule has 2 N–H and O–H groups in total. The van der Waals surface area contributed by atoms with E-state index in [0.717, 1.165) is 19.3 Å². The summed E-state index contributed by atoms with van der Waals surface area (Å²) in [4.78, 5) is 22.0. The largest absolute Gasteiger partial charge is 0.502 e. The number of hydrogen-bond donors (Lipinski definition) is 2. The fourth-order valence-corrected chi connectivity index (χ4v) is 1.85. The highest BCUT2D eigenvalue weighted by Gasteiger charge is 2.12. The second kappa shape index (κ2) is 8.79. The Labute approximate surface area is 123 Å². The number of aromatic carboxylic acids is 2. The molecule has 0 bridgehead atoms. The first-order chi connectivity index (χ1) is 10.1. The first-order valence-corrected chi connectivity index (χ1v) is 6.92. The summed E-state index contributed by atoms with van der Waals surface area (Å²) in [5, 5.41) is 18.0. The Bertz CT molecular complexity index is 519. The van der Waals surface area contributed by atoms with Crippen LogP contribution < -0.4 is 0 Å². The number of rotatable bonds is 9. The van der Waals surface area contributed by atoms with Crippen molar-refractivity contribution >= 4 is 11.9 Å². The summed E-state index contributed by atoms with van der Waals surface area (Å²) in [5.74, 6) is -2.15. The minimum absolute atomic E-state index is 0.0762. The maximum Gasteiger partial charge on any atom is 0.335 e. The molecule has 0 atom stereocenters. The van der Waals surface area contributed by atoms with Crippen molar-refractivity contribution in [1.82, 2.24) is 0 Å². The summed E-state index contributed by atoms with van der Waals surface area (Å²) in [7, 11) is 0. The van der Waals surface area contributed by atoms with E-state index in [1.54, 1.807) is 6.08 Å². The van der Waals surface area contributed by atoms with Crippen molar-refractivity contribution in [3.05, 3.63) is 47.2 Å². The number of unbranched alkanes of at least 4 members (excludes halogenated alkanes) is 2. The Morgan fingerprint density at radius 2 is 1.95 bits per heavy atom. The van der Waals surface area contributed by atoms with E-state index in [9.17, 15) is 9.59 Å². The highest BCUT2D eigenvalue weighted by atomic mass is 16.5. The Hall–Kier alpha value is -2.30. The third kappa shape index (κ3) is 5.69. The van der Waals surface area contributed by atoms with Crippen LogP contribution in [0.1, 0.15) is 52.5 Å². The monoisotopic (exact) mass is 292 g/mol. The summed E-state index contributed by atoms with van der Waals surface area (Å²) in [6, 6.07) is 3.99. The lowest BCUT2D eigenvalue weighted by molar-refractivity contribution is 0.0680. The molecule has 1 rings (SSSR count). The summed E-state index contributed by atoms with van der Waals surface area (Å²) in [5.41, 5.74) is 0.638. The van der Waals surface area contributed by atoms with E-state index in [-0.39, 0.29) is 11.1 Å². The molecule has 1 aromatic rings. The van der Waals surface area contributed by atoms with Gasteiger partial charge in [-0.1, -0.05) is 19.8 Å². The molecular weight excluding hydrogens is 272 g/mol. The quantitative estimate of drug-likeness (QED) is 0.538. The van der Waals surface area contributed by atoms with Crippen LogP contribution in [0.5, 0.6) is 0 Å². The highest BCUT2D eigenvalue weighted by Crippen LogP contribution is 2.14. The van der Waals surface area contributed by atoms with E-state index >= 15 is 0 Å². The van der Waals surface area contributed by atoms with Crippen LogP contribution in [-0.4, -0.2) is 28.8 Å². The van der Waals surface area contributed by atoms with Crippen LogP contribution in [0.25, 0.3) is 0 Å². The third-order valence-electron chi connectivity index (χ3n) is 2.98. The van der Waals surface area contributed by atoms with Crippen LogP contribution in [-0.2, 0) is 11.2 Å². The first-order valence-electron chi connectivity index (χ1n) is 6.92. The predicted molar refractivity (Wildman–Crippen MR) is 78.7 cm³/mol. The molecule has 0 amide bonds. The van der Waals surface area contributed by atoms with Gasteiger partial charge in [0.25, 0.3) is 0 Å². The van der Waals surface area contributed by atoms with Gasteiger partial charge in [0.15, 0.2) is 0 Å². The fourth-order valence-electron chi connectivity index (χ4n) is 1.85. The van der Waals surface area contributed by atoms with E-state index in [4.69, 9.17) is 14.9 Å². The Kier molecular flexibility index (Phi) is 7.01. The zero-order chi connectivity index (χ0) is 15.7. The molecule has 0 aliphatic heterocycles. The van der Waals surface area contributed by atoms with Gasteiger partial charge in [-0.3, -0.25) is 0 Å². The van der Waals surface area contributed by atoms with Crippen molar-refractivity contribution in [2.24, 2.45) is 0 Å². The lowest BCUT2D eigenvalue weighted by Gasteiger charge is -2.05. The van der Waals surface area contributed by atoms with E-state index in [1.807, 2.05) is 0 Å². The number of carbonyl (C=O) groups is 2. The molecule has 0 aliphatic carbocycles. The second-order valence-electron chi connectivity index (χ2n) is 4.64. The molecule has 1 aromatic carbocycles. The third-order valence-corrected chi connectivity index (χ3v) is 2.98. The Morgan fingerprint density at radius 3 is 2.57 bits per heavy atom. The minimum atomic E-state index is -1.08. The molecule has 0 unspecified atom stereocenters. The summed E-state index contributed by atoms with van der Waals surface area (Å²) >= 11 is 0. The molecule has 0 radical (unpaired) electrons. The van der Waals surface area contributed by atoms with Gasteiger partial charge in [-0.15, -0.1) is 0 Å². The predicted octanol–water partition coefficient (Wildman–Crippen LogP) is 3.35. The van der Waals surface area contributed by atoms with Crippen LogP contribution >= 0.6 is 0 Å². The number of allylic oxidation sites excluding steroid dienone is 1. The van der Waals surface area contributed by atoms with Crippen molar-refractivity contribution in [3.8, 4) is 0 Å². The smallest absolute Gasteiger partial charge is 0.335 e. The summed E-state index contributed by atoms with van der Waals surface area (Å²) in [6.45, 7) is 2.74. The van der Waals surface area contributed by atoms with Crippen LogP contribution in [0.3, 0.4) is 0 Å². The maximum atomic E-state index is 11.1. The van der Waals surface area contributed by atoms with Gasteiger partial charge in [0.05, 0.1) is 24.0 Å². The van der Waals surface area contributed by atoms with Crippen LogP contribution in [0.2, 0.25) is 0 Å². The molecular formula is C16H20O5. The Morgan fingerprint density at radius 1 is 1.19 bits per heavy atom. The molecule has 0 saturated heterocycles. The molecule has 0 heterocycles. The summed E-state index contributed by atoms with van der Waals surface area (Å²) in [6.07, 6.45) is 6.76. The van der Waals surface area contributed by atoms with Gasteiger partial charge >= 0.3 is 11.9 Å². The minimum Gasteiger partial charge on any atom is -0.502 e. The van der Waals surface area contributed by atoms with E-state index in [1.165, 1.54) is 24.5 Å². The fraction of sp³-hybridized carbons (Fsp3) is 0.375. The Balaban J connectivity index is 2.67. The van der Waals surface area contributed by atoms with Gasteiger partial charge in [0, 0.05) is 0 Å². The number of benzene rings is 1. The van der Waals surface area contributed by atoms with Gasteiger partial charge in [-0.25, -0.2) is 9.59 Å². The zero-order valence-corrected chi connectivity index (χ0v) is 12.0. The average molecular weight is 292 g/mol. The number of carboxylic acid groups (broad SMARTS) is 2. The van der Waals surface area contributed by atoms with Gasteiger partial charge < -0.3 is 14.9 Å². The molecule has 0 spiro atoms. The molecule has 5 nitrogen and oxygen atoms in total. The lowest BCUT2D eigenvalue weighted by atomic mass is 10.0. The zero-order valence-electron chi connectivity index (χ0n) is 12.0. The van der Waals surface area contributed by atoms with Crippen LogP contribution in [0, 0.1) is 0 Å². The molecule has 0 saturated carbocycles. The van der Waals surface area contributed by atoms with E-state index in [2.05, 4.69) is 6.92 Å². The average Bonchev–Trinajstić information content (AvgIpc) is 2.45. The SMILES string of the molecule is CCCCCOC=CCc1cc(C(=O)O)ccc1C(=O)O. The van der Waals surface area contributed by atoms with E-state index in [0.29, 0.717) is 18.6 Å². The van der Waals surface area contributed by atoms with Gasteiger partial charge in [0.2, 0.25) is 0 Å². The normalized spacial score (nSPS) is 10.7. The van der Waals surface area contributed by atoms with Crippen molar-refractivity contribution < 1.29 is 24.5 Å². The molecule has 0 aliphatic rings. The van der Waals surface area contributed by atoms with Crippen LogP contribution in [0.15, 0.2) is 30.5 Å². The van der Waals surface area contributed by atoms with Crippen molar-refractivity contribution in [2.75, 3.05) is 6.61 Å². The first kappa shape index (κ1) is 16.8. The molecule has 114 valence electrons.